The Hall–Kier alpha value is -1.14. The van der Waals surface area contributed by atoms with E-state index < -0.39 is 12.0 Å². The highest BCUT2D eigenvalue weighted by Gasteiger charge is 2.20. The lowest BCUT2D eigenvalue weighted by molar-refractivity contribution is -0.145. The van der Waals surface area contributed by atoms with Gasteiger partial charge in [-0.1, -0.05) is 0 Å². The van der Waals surface area contributed by atoms with E-state index in [4.69, 9.17) is 11.5 Å². The van der Waals surface area contributed by atoms with Crippen LogP contribution in [0.15, 0.2) is 0 Å². The molecule has 100 valence electrons. The van der Waals surface area contributed by atoms with Gasteiger partial charge in [0.05, 0.1) is 7.11 Å². The van der Waals surface area contributed by atoms with Crippen molar-refractivity contribution in [2.45, 2.75) is 38.1 Å². The number of nitrogens with one attached hydrogen (secondary N) is 1. The van der Waals surface area contributed by atoms with Crippen molar-refractivity contribution in [2.75, 3.05) is 20.2 Å². The molecule has 6 heteroatoms. The molecule has 0 saturated carbocycles. The molecular weight excluding hydrogens is 222 g/mol. The maximum absolute atomic E-state index is 11.5. The van der Waals surface area contributed by atoms with Gasteiger partial charge in [-0.15, -0.1) is 0 Å². The number of carbonyl (C=O) groups excluding carboxylic acids is 2. The average molecular weight is 245 g/mol. The number of amides is 1. The maximum Gasteiger partial charge on any atom is 0.328 e. The Kier molecular flexibility index (Phi) is 9.37. The van der Waals surface area contributed by atoms with Crippen LogP contribution in [-0.2, 0) is 14.3 Å². The maximum atomic E-state index is 11.5. The van der Waals surface area contributed by atoms with Gasteiger partial charge in [0.1, 0.15) is 6.04 Å². The molecule has 0 aromatic carbocycles. The Morgan fingerprint density at radius 1 is 1.18 bits per heavy atom. The van der Waals surface area contributed by atoms with Crippen LogP contribution < -0.4 is 16.8 Å². The molecule has 0 aromatic heterocycles. The first-order chi connectivity index (χ1) is 8.15. The van der Waals surface area contributed by atoms with E-state index in [1.54, 1.807) is 0 Å². The third-order valence-corrected chi connectivity index (χ3v) is 2.38. The fourth-order valence-electron chi connectivity index (χ4n) is 1.41. The van der Waals surface area contributed by atoms with E-state index >= 15 is 0 Å². The Bertz CT molecular complexity index is 234. The number of hydrogen-bond acceptors (Lipinski definition) is 5. The molecule has 0 rings (SSSR count). The molecule has 0 aliphatic carbocycles. The number of hydrogen-bond donors (Lipinski definition) is 3. The number of rotatable bonds is 9. The predicted molar refractivity (Wildman–Crippen MR) is 65.1 cm³/mol. The molecular formula is C11H23N3O3. The summed E-state index contributed by atoms with van der Waals surface area (Å²) in [4.78, 5) is 22.9. The van der Waals surface area contributed by atoms with Crippen molar-refractivity contribution in [3.63, 3.8) is 0 Å². The monoisotopic (exact) mass is 245 g/mol. The summed E-state index contributed by atoms with van der Waals surface area (Å²) in [5.74, 6) is -0.582. The Labute approximate surface area is 102 Å². The van der Waals surface area contributed by atoms with E-state index in [2.05, 4.69) is 10.1 Å². The quantitative estimate of drug-likeness (QED) is 0.375. The summed E-state index contributed by atoms with van der Waals surface area (Å²) in [7, 11) is 1.31. The van der Waals surface area contributed by atoms with Crippen molar-refractivity contribution in [3.05, 3.63) is 0 Å². The second-order valence-electron chi connectivity index (χ2n) is 3.82. The molecule has 5 N–H and O–H groups in total. The fraction of sp³-hybridized carbons (Fsp3) is 0.818. The van der Waals surface area contributed by atoms with Crippen LogP contribution in [0, 0.1) is 0 Å². The van der Waals surface area contributed by atoms with Crippen LogP contribution in [0.1, 0.15) is 32.1 Å². The highest BCUT2D eigenvalue weighted by atomic mass is 16.5. The van der Waals surface area contributed by atoms with Crippen molar-refractivity contribution >= 4 is 11.9 Å². The first kappa shape index (κ1) is 15.9. The van der Waals surface area contributed by atoms with Crippen molar-refractivity contribution in [1.29, 1.82) is 0 Å². The topological polar surface area (TPSA) is 107 Å². The molecule has 0 radical (unpaired) electrons. The summed E-state index contributed by atoms with van der Waals surface area (Å²) >= 11 is 0. The molecule has 6 nitrogen and oxygen atoms in total. The highest BCUT2D eigenvalue weighted by molar-refractivity contribution is 5.84. The van der Waals surface area contributed by atoms with E-state index in [0.717, 1.165) is 12.8 Å². The molecule has 0 aliphatic heterocycles. The summed E-state index contributed by atoms with van der Waals surface area (Å²) in [5.41, 5.74) is 10.7. The number of unbranched alkanes of at least 4 members (excludes halogenated alkanes) is 1. The van der Waals surface area contributed by atoms with Crippen molar-refractivity contribution in [3.8, 4) is 0 Å². The first-order valence-electron chi connectivity index (χ1n) is 5.93. The smallest absolute Gasteiger partial charge is 0.328 e. The van der Waals surface area contributed by atoms with Crippen LogP contribution in [0.2, 0.25) is 0 Å². The molecule has 0 saturated heterocycles. The summed E-state index contributed by atoms with van der Waals surface area (Å²) in [6, 6.07) is -0.572. The van der Waals surface area contributed by atoms with E-state index in [9.17, 15) is 9.59 Å². The minimum absolute atomic E-state index is 0.168. The molecule has 17 heavy (non-hydrogen) atoms. The Morgan fingerprint density at radius 2 is 1.82 bits per heavy atom. The van der Waals surface area contributed by atoms with Gasteiger partial charge in [0, 0.05) is 6.42 Å². The lowest BCUT2D eigenvalue weighted by Gasteiger charge is -2.16. The molecule has 1 amide bonds. The normalized spacial score (nSPS) is 11.9. The summed E-state index contributed by atoms with van der Waals surface area (Å²) in [5, 5.41) is 2.65. The lowest BCUT2D eigenvalue weighted by Crippen LogP contribution is -2.41. The zero-order valence-electron chi connectivity index (χ0n) is 10.4. The van der Waals surface area contributed by atoms with E-state index in [1.165, 1.54) is 7.11 Å². The highest BCUT2D eigenvalue weighted by Crippen LogP contribution is 2.03. The zero-order valence-corrected chi connectivity index (χ0v) is 10.4. The second-order valence-corrected chi connectivity index (χ2v) is 3.82. The molecule has 1 atom stereocenters. The molecule has 0 fully saturated rings. The number of carbonyl (C=O) groups is 2. The molecule has 0 heterocycles. The van der Waals surface area contributed by atoms with E-state index in [0.29, 0.717) is 32.4 Å². The average Bonchev–Trinajstić information content (AvgIpc) is 2.34. The Balaban J connectivity index is 4.08. The van der Waals surface area contributed by atoms with Gasteiger partial charge in [0.2, 0.25) is 5.91 Å². The van der Waals surface area contributed by atoms with Crippen LogP contribution in [-0.4, -0.2) is 38.1 Å². The van der Waals surface area contributed by atoms with Crippen LogP contribution in [0.4, 0.5) is 0 Å². The zero-order chi connectivity index (χ0) is 13.1. The molecule has 0 bridgehead atoms. The summed E-state index contributed by atoms with van der Waals surface area (Å²) < 4.78 is 4.64. The molecule has 0 aromatic rings. The van der Waals surface area contributed by atoms with E-state index in [-0.39, 0.29) is 5.91 Å². The van der Waals surface area contributed by atoms with Crippen LogP contribution in [0.3, 0.4) is 0 Å². The van der Waals surface area contributed by atoms with Crippen LogP contribution in [0.25, 0.3) is 0 Å². The first-order valence-corrected chi connectivity index (χ1v) is 5.93. The largest absolute Gasteiger partial charge is 0.467 e. The van der Waals surface area contributed by atoms with Crippen molar-refractivity contribution in [2.24, 2.45) is 11.5 Å². The number of methoxy groups -OCH3 is 1. The van der Waals surface area contributed by atoms with E-state index in [1.807, 2.05) is 0 Å². The van der Waals surface area contributed by atoms with Crippen molar-refractivity contribution < 1.29 is 14.3 Å². The van der Waals surface area contributed by atoms with Gasteiger partial charge in [-0.3, -0.25) is 4.79 Å². The van der Waals surface area contributed by atoms with Gasteiger partial charge in [-0.25, -0.2) is 4.79 Å². The fourth-order valence-corrected chi connectivity index (χ4v) is 1.41. The minimum Gasteiger partial charge on any atom is -0.467 e. The molecule has 0 unspecified atom stereocenters. The third-order valence-electron chi connectivity index (χ3n) is 2.38. The van der Waals surface area contributed by atoms with Gasteiger partial charge in [-0.2, -0.15) is 0 Å². The second kappa shape index (κ2) is 10.0. The van der Waals surface area contributed by atoms with Crippen LogP contribution in [0.5, 0.6) is 0 Å². The SMILES string of the molecule is COC(=O)[C@H](CCCCN)NC(=O)CCCN. The molecule has 0 spiro atoms. The van der Waals surface area contributed by atoms with Gasteiger partial charge >= 0.3 is 5.97 Å². The van der Waals surface area contributed by atoms with Gasteiger partial charge in [0.15, 0.2) is 0 Å². The number of nitrogens with two attached hydrogens (primary N) is 2. The van der Waals surface area contributed by atoms with Crippen LogP contribution >= 0.6 is 0 Å². The number of ether oxygens (including phenoxy) is 1. The lowest BCUT2D eigenvalue weighted by atomic mass is 10.1. The third kappa shape index (κ3) is 7.70. The van der Waals surface area contributed by atoms with Gasteiger partial charge < -0.3 is 21.5 Å². The number of esters is 1. The summed E-state index contributed by atoms with van der Waals surface area (Å²) in [6.07, 6.45) is 3.11. The standard InChI is InChI=1S/C11H23N3O3/c1-17-11(16)9(5-2-3-7-12)14-10(15)6-4-8-13/h9H,2-8,12-13H2,1H3,(H,14,15)/t9-/m0/s1. The predicted octanol–water partition coefficient (Wildman–Crippen LogP) is -0.488. The molecule has 0 aliphatic rings. The van der Waals surface area contributed by atoms with Gasteiger partial charge in [0.25, 0.3) is 0 Å². The summed E-state index contributed by atoms with van der Waals surface area (Å²) in [6.45, 7) is 1.04. The van der Waals surface area contributed by atoms with Crippen molar-refractivity contribution in [1.82, 2.24) is 5.32 Å². The van der Waals surface area contributed by atoms with Gasteiger partial charge in [-0.05, 0) is 38.8 Å². The Morgan fingerprint density at radius 3 is 2.35 bits per heavy atom. The minimum atomic E-state index is -0.572.